The molecule has 0 bridgehead atoms. The van der Waals surface area contributed by atoms with Gasteiger partial charge in [-0.15, -0.1) is 5.10 Å². The van der Waals surface area contributed by atoms with Crippen molar-refractivity contribution in [1.82, 2.24) is 10.2 Å². The van der Waals surface area contributed by atoms with Crippen LogP contribution in [-0.4, -0.2) is 26.9 Å². The fourth-order valence-corrected chi connectivity index (χ4v) is 2.97. The first-order valence-corrected chi connectivity index (χ1v) is 6.46. The van der Waals surface area contributed by atoms with Crippen LogP contribution in [0.15, 0.2) is 6.20 Å². The van der Waals surface area contributed by atoms with Gasteiger partial charge in [0, 0.05) is 11.6 Å². The van der Waals surface area contributed by atoms with E-state index in [1.807, 2.05) is 13.1 Å². The lowest BCUT2D eigenvalue weighted by Crippen LogP contribution is -2.48. The number of nitrogens with zero attached hydrogens (tertiary/aromatic N) is 2. The third kappa shape index (κ3) is 2.14. The summed E-state index contributed by atoms with van der Waals surface area (Å²) < 4.78 is 0. The number of hydrogen-bond acceptors (Lipinski definition) is 4. The molecule has 1 saturated carbocycles. The number of fused-ring (bicyclic) bond motifs is 1. The van der Waals surface area contributed by atoms with E-state index in [2.05, 4.69) is 15.5 Å². The van der Waals surface area contributed by atoms with Crippen LogP contribution >= 0.6 is 0 Å². The van der Waals surface area contributed by atoms with E-state index in [-0.39, 0.29) is 0 Å². The molecular formula is C13H19N3O. The summed E-state index contributed by atoms with van der Waals surface area (Å²) >= 11 is 0. The minimum Gasteiger partial charge on any atom is -0.390 e. The Kier molecular flexibility index (Phi) is 2.54. The first kappa shape index (κ1) is 11.0. The lowest BCUT2D eigenvalue weighted by Gasteiger charge is -2.41. The summed E-state index contributed by atoms with van der Waals surface area (Å²) in [6.07, 6.45) is 8.25. The highest BCUT2D eigenvalue weighted by Crippen LogP contribution is 2.35. The molecule has 0 saturated heterocycles. The first-order valence-electron chi connectivity index (χ1n) is 6.46. The summed E-state index contributed by atoms with van der Waals surface area (Å²) in [4.78, 5) is 0. The summed E-state index contributed by atoms with van der Waals surface area (Å²) in [5.41, 5.74) is 2.21. The van der Waals surface area contributed by atoms with Gasteiger partial charge >= 0.3 is 0 Å². The van der Waals surface area contributed by atoms with Crippen molar-refractivity contribution in [2.24, 2.45) is 0 Å². The SMILES string of the molecule is CC1(O)CC(Nc2nncc3c2CCCC3)C1. The van der Waals surface area contributed by atoms with Gasteiger partial charge in [0.15, 0.2) is 5.82 Å². The highest BCUT2D eigenvalue weighted by molar-refractivity contribution is 5.49. The van der Waals surface area contributed by atoms with Gasteiger partial charge in [0.2, 0.25) is 0 Å². The standard InChI is InChI=1S/C13H19N3O/c1-13(17)6-10(7-13)15-12-11-5-3-2-4-9(11)8-14-16-12/h8,10,17H,2-7H2,1H3,(H,15,16). The van der Waals surface area contributed by atoms with Gasteiger partial charge in [0.25, 0.3) is 0 Å². The van der Waals surface area contributed by atoms with Crippen molar-refractivity contribution in [3.05, 3.63) is 17.3 Å². The lowest BCUT2D eigenvalue weighted by molar-refractivity contribution is -0.0235. The van der Waals surface area contributed by atoms with Crippen molar-refractivity contribution >= 4 is 5.82 Å². The molecule has 0 unspecified atom stereocenters. The number of aryl methyl sites for hydroxylation is 1. The first-order chi connectivity index (χ1) is 8.14. The molecule has 1 heterocycles. The largest absolute Gasteiger partial charge is 0.390 e. The fourth-order valence-electron chi connectivity index (χ4n) is 2.97. The Balaban J connectivity index is 1.75. The van der Waals surface area contributed by atoms with Gasteiger partial charge in [0.05, 0.1) is 11.8 Å². The van der Waals surface area contributed by atoms with E-state index in [0.717, 1.165) is 31.5 Å². The topological polar surface area (TPSA) is 58.0 Å². The zero-order chi connectivity index (χ0) is 11.9. The maximum atomic E-state index is 9.72. The number of aromatic nitrogens is 2. The molecule has 0 spiro atoms. The van der Waals surface area contributed by atoms with Crippen LogP contribution in [0.2, 0.25) is 0 Å². The smallest absolute Gasteiger partial charge is 0.152 e. The predicted octanol–water partition coefficient (Wildman–Crippen LogP) is 1.68. The number of rotatable bonds is 2. The van der Waals surface area contributed by atoms with Crippen LogP contribution in [-0.2, 0) is 12.8 Å². The van der Waals surface area contributed by atoms with Gasteiger partial charge in [-0.25, -0.2) is 0 Å². The van der Waals surface area contributed by atoms with Crippen molar-refractivity contribution < 1.29 is 5.11 Å². The minimum atomic E-state index is -0.486. The zero-order valence-corrected chi connectivity index (χ0v) is 10.2. The Morgan fingerprint density at radius 3 is 2.88 bits per heavy atom. The zero-order valence-electron chi connectivity index (χ0n) is 10.2. The molecule has 1 aromatic heterocycles. The van der Waals surface area contributed by atoms with Crippen molar-refractivity contribution in [3.63, 3.8) is 0 Å². The van der Waals surface area contributed by atoms with Crippen LogP contribution in [0.4, 0.5) is 5.82 Å². The summed E-state index contributed by atoms with van der Waals surface area (Å²) in [7, 11) is 0. The average molecular weight is 233 g/mol. The summed E-state index contributed by atoms with van der Waals surface area (Å²) in [5.74, 6) is 0.947. The van der Waals surface area contributed by atoms with Crippen molar-refractivity contribution in [3.8, 4) is 0 Å². The Labute approximate surface area is 101 Å². The highest BCUT2D eigenvalue weighted by Gasteiger charge is 2.38. The van der Waals surface area contributed by atoms with E-state index in [1.54, 1.807) is 0 Å². The third-order valence-electron chi connectivity index (χ3n) is 3.88. The second-order valence-electron chi connectivity index (χ2n) is 5.65. The van der Waals surface area contributed by atoms with Crippen molar-refractivity contribution in [2.75, 3.05) is 5.32 Å². The van der Waals surface area contributed by atoms with E-state index in [0.29, 0.717) is 6.04 Å². The van der Waals surface area contributed by atoms with Gasteiger partial charge < -0.3 is 10.4 Å². The molecule has 0 aromatic carbocycles. The second-order valence-corrected chi connectivity index (χ2v) is 5.65. The quantitative estimate of drug-likeness (QED) is 0.816. The number of nitrogens with one attached hydrogen (secondary N) is 1. The highest BCUT2D eigenvalue weighted by atomic mass is 16.3. The summed E-state index contributed by atoms with van der Waals surface area (Å²) in [5, 5.41) is 21.4. The molecule has 4 nitrogen and oxygen atoms in total. The van der Waals surface area contributed by atoms with E-state index >= 15 is 0 Å². The molecule has 2 N–H and O–H groups in total. The van der Waals surface area contributed by atoms with Gasteiger partial charge in [-0.1, -0.05) is 0 Å². The molecule has 3 rings (SSSR count). The summed E-state index contributed by atoms with van der Waals surface area (Å²) in [6.45, 7) is 1.89. The van der Waals surface area contributed by atoms with E-state index in [9.17, 15) is 5.11 Å². The monoisotopic (exact) mass is 233 g/mol. The molecule has 17 heavy (non-hydrogen) atoms. The Hall–Kier alpha value is -1.16. The van der Waals surface area contributed by atoms with Gasteiger partial charge in [-0.2, -0.15) is 5.10 Å². The Morgan fingerprint density at radius 1 is 1.35 bits per heavy atom. The van der Waals surface area contributed by atoms with Crippen LogP contribution in [0.1, 0.15) is 43.7 Å². The molecule has 1 fully saturated rings. The maximum absolute atomic E-state index is 9.72. The molecule has 0 atom stereocenters. The molecule has 0 aliphatic heterocycles. The molecule has 92 valence electrons. The number of anilines is 1. The Bertz CT molecular complexity index is 423. The van der Waals surface area contributed by atoms with Crippen LogP contribution in [0.5, 0.6) is 0 Å². The average Bonchev–Trinajstić information content (AvgIpc) is 2.27. The maximum Gasteiger partial charge on any atom is 0.152 e. The molecule has 0 radical (unpaired) electrons. The third-order valence-corrected chi connectivity index (χ3v) is 3.88. The Morgan fingerprint density at radius 2 is 2.12 bits per heavy atom. The molecule has 1 aromatic rings. The van der Waals surface area contributed by atoms with Crippen molar-refractivity contribution in [2.45, 2.75) is 57.1 Å². The minimum absolute atomic E-state index is 0.354. The lowest BCUT2D eigenvalue weighted by atomic mass is 9.77. The fraction of sp³-hybridized carbons (Fsp3) is 0.692. The predicted molar refractivity (Wildman–Crippen MR) is 65.9 cm³/mol. The molecule has 2 aliphatic carbocycles. The molecule has 2 aliphatic rings. The summed E-state index contributed by atoms with van der Waals surface area (Å²) in [6, 6.07) is 0.354. The normalized spacial score (nSPS) is 31.5. The van der Waals surface area contributed by atoms with Gasteiger partial charge in [0.1, 0.15) is 0 Å². The van der Waals surface area contributed by atoms with Crippen molar-refractivity contribution in [1.29, 1.82) is 0 Å². The van der Waals surface area contributed by atoms with E-state index < -0.39 is 5.60 Å². The van der Waals surface area contributed by atoms with E-state index in [4.69, 9.17) is 0 Å². The van der Waals surface area contributed by atoms with E-state index in [1.165, 1.54) is 24.0 Å². The van der Waals surface area contributed by atoms with Crippen LogP contribution in [0.3, 0.4) is 0 Å². The molecule has 4 heteroatoms. The van der Waals surface area contributed by atoms with Gasteiger partial charge in [-0.05, 0) is 51.0 Å². The second kappa shape index (κ2) is 3.95. The van der Waals surface area contributed by atoms with Crippen LogP contribution < -0.4 is 5.32 Å². The van der Waals surface area contributed by atoms with Crippen LogP contribution in [0.25, 0.3) is 0 Å². The molecule has 0 amide bonds. The van der Waals surface area contributed by atoms with Gasteiger partial charge in [-0.3, -0.25) is 0 Å². The number of aliphatic hydroxyl groups is 1. The molecular weight excluding hydrogens is 214 g/mol. The number of hydrogen-bond donors (Lipinski definition) is 2. The van der Waals surface area contributed by atoms with Crippen LogP contribution in [0, 0.1) is 0 Å².